The molecule has 286 valence electrons. The van der Waals surface area contributed by atoms with Crippen molar-refractivity contribution >= 4 is 0 Å². The first kappa shape index (κ1) is 36.2. The van der Waals surface area contributed by atoms with E-state index in [-0.39, 0.29) is 0 Å². The first-order valence-corrected chi connectivity index (χ1v) is 20.9. The van der Waals surface area contributed by atoms with Crippen LogP contribution in [0.4, 0.5) is 0 Å². The van der Waals surface area contributed by atoms with Crippen molar-refractivity contribution in [2.45, 2.75) is 5.41 Å². The molecule has 0 saturated carbocycles. The summed E-state index contributed by atoms with van der Waals surface area (Å²) in [7, 11) is 0. The molecular formula is C59H40N2. The normalized spacial score (nSPS) is 12.4. The van der Waals surface area contributed by atoms with Crippen molar-refractivity contribution in [3.8, 4) is 78.4 Å². The van der Waals surface area contributed by atoms with E-state index in [0.717, 1.165) is 50.3 Å². The molecule has 1 heterocycles. The number of benzene rings is 9. The van der Waals surface area contributed by atoms with E-state index in [4.69, 9.17) is 9.97 Å². The van der Waals surface area contributed by atoms with Gasteiger partial charge in [0.1, 0.15) is 0 Å². The maximum Gasteiger partial charge on any atom is 0.160 e. The van der Waals surface area contributed by atoms with E-state index in [1.165, 1.54) is 44.5 Å². The molecule has 0 aliphatic heterocycles. The Labute approximate surface area is 357 Å². The van der Waals surface area contributed by atoms with Crippen LogP contribution in [-0.4, -0.2) is 9.97 Å². The van der Waals surface area contributed by atoms with Crippen LogP contribution in [0.2, 0.25) is 0 Å². The van der Waals surface area contributed by atoms with Crippen LogP contribution in [0.1, 0.15) is 22.3 Å². The number of fused-ring (bicyclic) bond motifs is 3. The van der Waals surface area contributed by atoms with Gasteiger partial charge >= 0.3 is 0 Å². The van der Waals surface area contributed by atoms with Crippen molar-refractivity contribution in [2.75, 3.05) is 0 Å². The minimum absolute atomic E-state index is 0.451. The van der Waals surface area contributed by atoms with Crippen LogP contribution >= 0.6 is 0 Å². The second kappa shape index (κ2) is 15.3. The van der Waals surface area contributed by atoms with E-state index in [1.807, 2.05) is 6.07 Å². The Morgan fingerprint density at radius 1 is 0.262 bits per heavy atom. The molecule has 0 spiro atoms. The highest BCUT2D eigenvalue weighted by molar-refractivity contribution is 5.95. The molecule has 61 heavy (non-hydrogen) atoms. The standard InChI is InChI=1S/C59H40N2/c1-5-18-41(19-6-1)45-22-15-24-47(38-45)56-40-55(60-58(61-56)48-25-16-23-46(39-48)42-20-7-2-8-21-42)44-36-34-43(35-37-44)51-31-17-33-54-57(51)52-30-13-14-32-53(52)59(54,49-26-9-3-10-27-49)50-28-11-4-12-29-50/h1-40H. The largest absolute Gasteiger partial charge is 0.228 e. The Morgan fingerprint density at radius 3 is 1.31 bits per heavy atom. The third kappa shape index (κ3) is 6.37. The van der Waals surface area contributed by atoms with E-state index >= 15 is 0 Å². The molecule has 1 aliphatic carbocycles. The highest BCUT2D eigenvalue weighted by atomic mass is 14.9. The van der Waals surface area contributed by atoms with E-state index in [1.54, 1.807) is 0 Å². The van der Waals surface area contributed by atoms with E-state index in [9.17, 15) is 0 Å². The fourth-order valence-electron chi connectivity index (χ4n) is 9.38. The quantitative estimate of drug-likeness (QED) is 0.154. The summed E-state index contributed by atoms with van der Waals surface area (Å²) in [4.78, 5) is 10.5. The second-order valence-electron chi connectivity index (χ2n) is 15.7. The summed E-state index contributed by atoms with van der Waals surface area (Å²) in [5.41, 5.74) is 19.0. The molecule has 0 bridgehead atoms. The zero-order valence-electron chi connectivity index (χ0n) is 33.5. The molecule has 2 nitrogen and oxygen atoms in total. The van der Waals surface area contributed by atoms with Crippen molar-refractivity contribution in [1.82, 2.24) is 9.97 Å². The van der Waals surface area contributed by atoms with Gasteiger partial charge in [0.05, 0.1) is 16.8 Å². The van der Waals surface area contributed by atoms with Crippen LogP contribution in [0.3, 0.4) is 0 Å². The summed E-state index contributed by atoms with van der Waals surface area (Å²) < 4.78 is 0. The van der Waals surface area contributed by atoms with Crippen LogP contribution in [0.25, 0.3) is 78.4 Å². The topological polar surface area (TPSA) is 25.8 Å². The van der Waals surface area contributed by atoms with Gasteiger partial charge in [-0.25, -0.2) is 9.97 Å². The summed E-state index contributed by atoms with van der Waals surface area (Å²) in [5, 5.41) is 0. The lowest BCUT2D eigenvalue weighted by Crippen LogP contribution is -2.28. The van der Waals surface area contributed by atoms with Gasteiger partial charge in [0, 0.05) is 16.7 Å². The van der Waals surface area contributed by atoms with Crippen molar-refractivity contribution in [1.29, 1.82) is 0 Å². The maximum atomic E-state index is 5.28. The van der Waals surface area contributed by atoms with Gasteiger partial charge in [-0.2, -0.15) is 0 Å². The maximum absolute atomic E-state index is 5.28. The van der Waals surface area contributed by atoms with Gasteiger partial charge in [0.25, 0.3) is 0 Å². The summed E-state index contributed by atoms with van der Waals surface area (Å²) >= 11 is 0. The molecule has 0 fully saturated rings. The van der Waals surface area contributed by atoms with Gasteiger partial charge in [-0.1, -0.05) is 224 Å². The van der Waals surface area contributed by atoms with Gasteiger partial charge in [-0.15, -0.1) is 0 Å². The van der Waals surface area contributed by atoms with Gasteiger partial charge in [-0.05, 0) is 85.0 Å². The Kier molecular flexibility index (Phi) is 9.09. The summed E-state index contributed by atoms with van der Waals surface area (Å²) in [6, 6.07) is 87.0. The fourth-order valence-corrected chi connectivity index (χ4v) is 9.38. The fraction of sp³-hybridized carbons (Fsp3) is 0.0169. The molecule has 9 aromatic carbocycles. The Bertz CT molecular complexity index is 3020. The predicted octanol–water partition coefficient (Wildman–Crippen LogP) is 14.8. The Morgan fingerprint density at radius 2 is 0.689 bits per heavy atom. The average Bonchev–Trinajstić information content (AvgIpc) is 3.66. The predicted molar refractivity (Wildman–Crippen MR) is 252 cm³/mol. The monoisotopic (exact) mass is 776 g/mol. The zero-order chi connectivity index (χ0) is 40.6. The number of hydrogen-bond acceptors (Lipinski definition) is 2. The van der Waals surface area contributed by atoms with Crippen molar-refractivity contribution in [2.24, 2.45) is 0 Å². The van der Waals surface area contributed by atoms with Crippen LogP contribution in [0.5, 0.6) is 0 Å². The average molecular weight is 777 g/mol. The van der Waals surface area contributed by atoms with E-state index in [2.05, 4.69) is 237 Å². The smallest absolute Gasteiger partial charge is 0.160 e. The van der Waals surface area contributed by atoms with Crippen LogP contribution in [0.15, 0.2) is 243 Å². The molecule has 0 atom stereocenters. The lowest BCUT2D eigenvalue weighted by molar-refractivity contribution is 0.768. The molecule has 2 heteroatoms. The molecule has 0 unspecified atom stereocenters. The summed E-state index contributed by atoms with van der Waals surface area (Å²) in [5.74, 6) is 0.690. The van der Waals surface area contributed by atoms with Crippen LogP contribution in [0, 0.1) is 0 Å². The minimum Gasteiger partial charge on any atom is -0.228 e. The van der Waals surface area contributed by atoms with Crippen molar-refractivity contribution in [3.63, 3.8) is 0 Å². The summed E-state index contributed by atoms with van der Waals surface area (Å²) in [6.07, 6.45) is 0. The Hall–Kier alpha value is -7.94. The molecule has 1 aromatic heterocycles. The molecule has 0 amide bonds. The second-order valence-corrected chi connectivity index (χ2v) is 15.7. The lowest BCUT2D eigenvalue weighted by Gasteiger charge is -2.34. The first-order chi connectivity index (χ1) is 30.2. The van der Waals surface area contributed by atoms with Gasteiger partial charge in [-0.3, -0.25) is 0 Å². The molecule has 0 radical (unpaired) electrons. The zero-order valence-corrected chi connectivity index (χ0v) is 33.5. The van der Waals surface area contributed by atoms with Gasteiger partial charge in [0.15, 0.2) is 5.82 Å². The molecule has 0 saturated heterocycles. The third-order valence-electron chi connectivity index (χ3n) is 12.2. The van der Waals surface area contributed by atoms with Crippen LogP contribution in [-0.2, 0) is 5.41 Å². The van der Waals surface area contributed by atoms with Crippen LogP contribution < -0.4 is 0 Å². The minimum atomic E-state index is -0.451. The van der Waals surface area contributed by atoms with E-state index in [0.29, 0.717) is 5.82 Å². The molecule has 1 aliphatic rings. The van der Waals surface area contributed by atoms with Crippen molar-refractivity contribution in [3.05, 3.63) is 265 Å². The Balaban J connectivity index is 1.05. The van der Waals surface area contributed by atoms with Gasteiger partial charge < -0.3 is 0 Å². The van der Waals surface area contributed by atoms with E-state index < -0.39 is 5.41 Å². The molecule has 10 aromatic rings. The number of aromatic nitrogens is 2. The lowest BCUT2D eigenvalue weighted by atomic mass is 9.67. The number of nitrogens with zero attached hydrogens (tertiary/aromatic N) is 2. The van der Waals surface area contributed by atoms with Gasteiger partial charge in [0.2, 0.25) is 0 Å². The highest BCUT2D eigenvalue weighted by Crippen LogP contribution is 2.58. The molecular weight excluding hydrogens is 737 g/mol. The first-order valence-electron chi connectivity index (χ1n) is 20.9. The van der Waals surface area contributed by atoms with Crippen molar-refractivity contribution < 1.29 is 0 Å². The number of rotatable bonds is 8. The highest BCUT2D eigenvalue weighted by Gasteiger charge is 2.46. The summed E-state index contributed by atoms with van der Waals surface area (Å²) in [6.45, 7) is 0. The SMILES string of the molecule is c1ccc(-c2cccc(-c3cc(-c4ccc(-c5cccc6c5-c5ccccc5C6(c5ccccc5)c5ccccc5)cc4)nc(-c4cccc(-c5ccccc5)c4)n3)c2)cc1. The molecule has 11 rings (SSSR count). The number of hydrogen-bond donors (Lipinski definition) is 0. The third-order valence-corrected chi connectivity index (χ3v) is 12.2. The molecule has 0 N–H and O–H groups in total.